The third-order valence-corrected chi connectivity index (χ3v) is 4.94. The van der Waals surface area contributed by atoms with E-state index in [1.807, 2.05) is 0 Å². The molecule has 1 aliphatic rings. The number of benzene rings is 1. The van der Waals surface area contributed by atoms with Crippen molar-refractivity contribution in [3.05, 3.63) is 56.7 Å². The third kappa shape index (κ3) is 2.42. The Kier molecular flexibility index (Phi) is 3.95. The summed E-state index contributed by atoms with van der Waals surface area (Å²) in [4.78, 5) is 12.6. The highest BCUT2D eigenvalue weighted by Gasteiger charge is 2.25. The number of nitrogens with zero attached hydrogens (tertiary/aromatic N) is 1. The predicted octanol–water partition coefficient (Wildman–Crippen LogP) is 5.40. The zero-order valence-electron chi connectivity index (χ0n) is 11.6. The maximum Gasteiger partial charge on any atom is 0.198 e. The summed E-state index contributed by atoms with van der Waals surface area (Å²) >= 11 is 9.32. The van der Waals surface area contributed by atoms with E-state index >= 15 is 0 Å². The second-order valence-corrected chi connectivity index (χ2v) is 6.39. The number of halogens is 4. The van der Waals surface area contributed by atoms with Crippen molar-refractivity contribution >= 4 is 44.2 Å². The first-order chi connectivity index (χ1) is 10.4. The molecule has 2 nitrogen and oxygen atoms in total. The number of aromatic nitrogens is 1. The number of hydrogen-bond donors (Lipinski definition) is 0. The van der Waals surface area contributed by atoms with E-state index in [0.717, 1.165) is 6.08 Å². The summed E-state index contributed by atoms with van der Waals surface area (Å²) in [5, 5.41) is 0.968. The van der Waals surface area contributed by atoms with E-state index in [-0.39, 0.29) is 29.0 Å². The van der Waals surface area contributed by atoms with Crippen LogP contribution in [-0.4, -0.2) is 10.4 Å². The van der Waals surface area contributed by atoms with Crippen molar-refractivity contribution in [2.45, 2.75) is 12.8 Å². The Bertz CT molecular complexity index is 867. The van der Waals surface area contributed by atoms with Gasteiger partial charge in [-0.2, -0.15) is 0 Å². The van der Waals surface area contributed by atoms with Crippen LogP contribution >= 0.6 is 27.5 Å². The van der Waals surface area contributed by atoms with Gasteiger partial charge in [-0.15, -0.1) is 0 Å². The normalized spacial score (nSPS) is 15.4. The van der Waals surface area contributed by atoms with E-state index in [1.165, 1.54) is 6.07 Å². The van der Waals surface area contributed by atoms with Crippen molar-refractivity contribution in [1.29, 1.82) is 0 Å². The highest BCUT2D eigenvalue weighted by Crippen LogP contribution is 2.35. The second kappa shape index (κ2) is 5.63. The number of aryl methyl sites for hydroxylation is 1. The molecule has 0 aliphatic heterocycles. The summed E-state index contributed by atoms with van der Waals surface area (Å²) < 4.78 is 30.0. The molecule has 6 heteroatoms. The van der Waals surface area contributed by atoms with E-state index in [4.69, 9.17) is 11.6 Å². The van der Waals surface area contributed by atoms with Crippen LogP contribution in [0.3, 0.4) is 0 Å². The Balaban J connectivity index is 2.20. The van der Waals surface area contributed by atoms with Crippen LogP contribution in [0, 0.1) is 5.82 Å². The molecule has 0 unspecified atom stereocenters. The van der Waals surface area contributed by atoms with E-state index in [0.29, 0.717) is 15.4 Å². The van der Waals surface area contributed by atoms with Gasteiger partial charge >= 0.3 is 0 Å². The molecule has 0 radical (unpaired) electrons. The Morgan fingerprint density at radius 2 is 2.09 bits per heavy atom. The van der Waals surface area contributed by atoms with Gasteiger partial charge in [-0.3, -0.25) is 4.79 Å². The summed E-state index contributed by atoms with van der Waals surface area (Å²) in [7, 11) is 1.79. The van der Waals surface area contributed by atoms with E-state index in [2.05, 4.69) is 15.9 Å². The molecule has 1 aromatic heterocycles. The molecule has 0 atom stereocenters. The van der Waals surface area contributed by atoms with Crippen LogP contribution in [0.5, 0.6) is 0 Å². The summed E-state index contributed by atoms with van der Waals surface area (Å²) in [5.74, 6) is -1.71. The number of hydrogen-bond acceptors (Lipinski definition) is 1. The number of carbonyl (C=O) groups excluding carboxylic acids is 1. The molecule has 0 saturated carbocycles. The van der Waals surface area contributed by atoms with Crippen LogP contribution in [0.15, 0.2) is 45.3 Å². The minimum Gasteiger partial charge on any atom is -0.350 e. The molecule has 0 bridgehead atoms. The molecule has 0 fully saturated rings. The number of fused-ring (bicyclic) bond motifs is 1. The molecule has 3 rings (SSSR count). The largest absolute Gasteiger partial charge is 0.350 e. The van der Waals surface area contributed by atoms with Crippen molar-refractivity contribution in [2.75, 3.05) is 0 Å². The highest BCUT2D eigenvalue weighted by atomic mass is 79.9. The van der Waals surface area contributed by atoms with Crippen LogP contribution < -0.4 is 0 Å². The van der Waals surface area contributed by atoms with Gasteiger partial charge < -0.3 is 4.57 Å². The summed E-state index contributed by atoms with van der Waals surface area (Å²) in [6, 6.07) is 3.08. The molecule has 22 heavy (non-hydrogen) atoms. The molecule has 1 heterocycles. The highest BCUT2D eigenvalue weighted by molar-refractivity contribution is 9.10. The number of ketones is 1. The lowest BCUT2D eigenvalue weighted by atomic mass is 9.96. The average molecular weight is 387 g/mol. The van der Waals surface area contributed by atoms with Gasteiger partial charge in [0.25, 0.3) is 0 Å². The zero-order valence-corrected chi connectivity index (χ0v) is 13.9. The monoisotopic (exact) mass is 385 g/mol. The standard InChI is InChI=1S/C16H11BrClF2NO/c1-21-5-4-9-13(21)7-12(20)14(15(9)17)16(22)10-6-8(19)2-3-11(10)18/h4-7H,2-3H2,1H3. The predicted molar refractivity (Wildman–Crippen MR) is 86.2 cm³/mol. The Hall–Kier alpha value is -1.46. The van der Waals surface area contributed by atoms with Gasteiger partial charge in [-0.1, -0.05) is 11.6 Å². The van der Waals surface area contributed by atoms with Crippen LogP contribution in [0.4, 0.5) is 8.78 Å². The number of Topliss-reactive ketones (excluding diaryl/α,β-unsaturated/α-hetero) is 1. The van der Waals surface area contributed by atoms with E-state index in [9.17, 15) is 13.6 Å². The van der Waals surface area contributed by atoms with Crippen LogP contribution in [0.25, 0.3) is 10.9 Å². The van der Waals surface area contributed by atoms with Gasteiger partial charge in [0.15, 0.2) is 5.78 Å². The number of allylic oxidation sites excluding steroid dienone is 4. The Labute approximate surface area is 139 Å². The van der Waals surface area contributed by atoms with Crippen LogP contribution in [0.1, 0.15) is 23.2 Å². The second-order valence-electron chi connectivity index (χ2n) is 5.15. The Morgan fingerprint density at radius 1 is 1.36 bits per heavy atom. The van der Waals surface area contributed by atoms with Gasteiger partial charge in [0, 0.05) is 40.1 Å². The van der Waals surface area contributed by atoms with Gasteiger partial charge in [0.05, 0.1) is 11.1 Å². The van der Waals surface area contributed by atoms with Gasteiger partial charge in [0.1, 0.15) is 11.6 Å². The van der Waals surface area contributed by atoms with Crippen molar-refractivity contribution in [2.24, 2.45) is 7.05 Å². The van der Waals surface area contributed by atoms with Crippen molar-refractivity contribution in [3.63, 3.8) is 0 Å². The molecule has 2 aromatic rings. The molecule has 1 aliphatic carbocycles. The molecule has 114 valence electrons. The van der Waals surface area contributed by atoms with Gasteiger partial charge in [0.2, 0.25) is 0 Å². The number of rotatable bonds is 2. The summed E-state index contributed by atoms with van der Waals surface area (Å²) in [6.07, 6.45) is 3.28. The fourth-order valence-corrected chi connectivity index (χ4v) is 3.48. The fourth-order valence-electron chi connectivity index (χ4n) is 2.54. The molecule has 1 aromatic carbocycles. The van der Waals surface area contributed by atoms with Crippen molar-refractivity contribution in [3.8, 4) is 0 Å². The summed E-state index contributed by atoms with van der Waals surface area (Å²) in [6.45, 7) is 0. The zero-order chi connectivity index (χ0) is 16.0. The molecule has 0 amide bonds. The first kappa shape index (κ1) is 15.4. The lowest BCUT2D eigenvalue weighted by Crippen LogP contribution is -2.10. The van der Waals surface area contributed by atoms with Crippen molar-refractivity contribution in [1.82, 2.24) is 4.57 Å². The SMILES string of the molecule is Cn1ccc2c(Br)c(C(=O)C3=C(Cl)CCC(F)=C3)c(F)cc21. The molecular formula is C16H11BrClF2NO. The molecule has 0 spiro atoms. The quantitative estimate of drug-likeness (QED) is 0.633. The third-order valence-electron chi connectivity index (χ3n) is 3.73. The van der Waals surface area contributed by atoms with Gasteiger partial charge in [-0.05, 0) is 40.6 Å². The fraction of sp³-hybridized carbons (Fsp3) is 0.188. The van der Waals surface area contributed by atoms with Crippen LogP contribution in [0.2, 0.25) is 0 Å². The number of carbonyl (C=O) groups is 1. The smallest absolute Gasteiger partial charge is 0.198 e. The molecular weight excluding hydrogens is 376 g/mol. The first-order valence-corrected chi connectivity index (χ1v) is 7.79. The average Bonchev–Trinajstić information content (AvgIpc) is 2.83. The maximum absolute atomic E-state index is 14.4. The minimum absolute atomic E-state index is 0.0142. The van der Waals surface area contributed by atoms with E-state index in [1.54, 1.807) is 23.9 Å². The van der Waals surface area contributed by atoms with Crippen molar-refractivity contribution < 1.29 is 13.6 Å². The summed E-state index contributed by atoms with van der Waals surface area (Å²) in [5.41, 5.74) is 0.546. The molecule has 0 saturated heterocycles. The Morgan fingerprint density at radius 3 is 2.82 bits per heavy atom. The maximum atomic E-state index is 14.4. The topological polar surface area (TPSA) is 22.0 Å². The molecule has 0 N–H and O–H groups in total. The minimum atomic E-state index is -0.664. The lowest BCUT2D eigenvalue weighted by Gasteiger charge is -2.13. The lowest BCUT2D eigenvalue weighted by molar-refractivity contribution is 0.103. The van der Waals surface area contributed by atoms with Crippen LogP contribution in [-0.2, 0) is 7.05 Å². The first-order valence-electron chi connectivity index (χ1n) is 6.62. The van der Waals surface area contributed by atoms with Gasteiger partial charge in [-0.25, -0.2) is 8.78 Å². The van der Waals surface area contributed by atoms with E-state index < -0.39 is 17.4 Å².